The van der Waals surface area contributed by atoms with Crippen LogP contribution in [0.25, 0.3) is 0 Å². The van der Waals surface area contributed by atoms with Crippen LogP contribution in [-0.4, -0.2) is 16.0 Å². The van der Waals surface area contributed by atoms with Crippen LogP contribution in [0.4, 0.5) is 11.6 Å². The monoisotopic (exact) mass is 246 g/mol. The van der Waals surface area contributed by atoms with Crippen molar-refractivity contribution in [1.29, 1.82) is 0 Å². The Kier molecular flexibility index (Phi) is 4.17. The van der Waals surface area contributed by atoms with E-state index in [1.54, 1.807) is 12.6 Å². The van der Waals surface area contributed by atoms with Crippen LogP contribution >= 0.6 is 0 Å². The van der Waals surface area contributed by atoms with Gasteiger partial charge in [0.2, 0.25) is 0 Å². The van der Waals surface area contributed by atoms with E-state index in [-0.39, 0.29) is 0 Å². The highest BCUT2D eigenvalue weighted by Gasteiger charge is 2.02. The van der Waals surface area contributed by atoms with Crippen LogP contribution in [-0.2, 0) is 6.54 Å². The van der Waals surface area contributed by atoms with Gasteiger partial charge in [-0.25, -0.2) is 9.97 Å². The van der Waals surface area contributed by atoms with Crippen LogP contribution in [0.1, 0.15) is 26.0 Å². The molecule has 96 valence electrons. The number of rotatable bonds is 6. The summed E-state index contributed by atoms with van der Waals surface area (Å²) in [4.78, 5) is 8.35. The van der Waals surface area contributed by atoms with Crippen LogP contribution < -0.4 is 10.6 Å². The SMILES string of the molecule is CCC(C)Nc1cc(NCc2ccco2)ncn1. The van der Waals surface area contributed by atoms with Gasteiger partial charge in [0.15, 0.2) is 0 Å². The smallest absolute Gasteiger partial charge is 0.131 e. The van der Waals surface area contributed by atoms with Gasteiger partial charge in [-0.2, -0.15) is 0 Å². The first-order valence-corrected chi connectivity index (χ1v) is 6.12. The minimum Gasteiger partial charge on any atom is -0.467 e. The van der Waals surface area contributed by atoms with E-state index in [2.05, 4.69) is 34.4 Å². The van der Waals surface area contributed by atoms with E-state index in [0.29, 0.717) is 12.6 Å². The number of anilines is 2. The molecular formula is C13H18N4O. The second-order valence-electron chi connectivity index (χ2n) is 4.18. The summed E-state index contributed by atoms with van der Waals surface area (Å²) in [5, 5.41) is 6.50. The normalized spacial score (nSPS) is 12.1. The predicted octanol–water partition coefficient (Wildman–Crippen LogP) is 2.89. The van der Waals surface area contributed by atoms with E-state index in [9.17, 15) is 0 Å². The Bertz CT molecular complexity index is 470. The summed E-state index contributed by atoms with van der Waals surface area (Å²) < 4.78 is 5.25. The highest BCUT2D eigenvalue weighted by Crippen LogP contribution is 2.12. The molecule has 5 nitrogen and oxygen atoms in total. The van der Waals surface area contributed by atoms with Gasteiger partial charge in [0, 0.05) is 12.1 Å². The molecule has 0 aliphatic carbocycles. The highest BCUT2D eigenvalue weighted by molar-refractivity contribution is 5.46. The highest BCUT2D eigenvalue weighted by atomic mass is 16.3. The van der Waals surface area contributed by atoms with Gasteiger partial charge in [-0.3, -0.25) is 0 Å². The van der Waals surface area contributed by atoms with Crippen molar-refractivity contribution in [2.75, 3.05) is 10.6 Å². The largest absolute Gasteiger partial charge is 0.467 e. The maximum atomic E-state index is 5.25. The van der Waals surface area contributed by atoms with Gasteiger partial charge in [0.1, 0.15) is 23.7 Å². The zero-order valence-corrected chi connectivity index (χ0v) is 10.7. The minimum atomic E-state index is 0.401. The molecule has 0 aliphatic rings. The third kappa shape index (κ3) is 3.48. The van der Waals surface area contributed by atoms with Gasteiger partial charge in [-0.1, -0.05) is 6.92 Å². The number of hydrogen-bond acceptors (Lipinski definition) is 5. The van der Waals surface area contributed by atoms with Crippen LogP contribution in [0.3, 0.4) is 0 Å². The molecule has 0 spiro atoms. The Morgan fingerprint density at radius 1 is 1.33 bits per heavy atom. The first-order valence-electron chi connectivity index (χ1n) is 6.12. The first kappa shape index (κ1) is 12.4. The third-order valence-electron chi connectivity index (χ3n) is 2.70. The lowest BCUT2D eigenvalue weighted by Crippen LogP contribution is -2.14. The molecule has 2 rings (SSSR count). The molecule has 0 bridgehead atoms. The summed E-state index contributed by atoms with van der Waals surface area (Å²) in [5.41, 5.74) is 0. The molecular weight excluding hydrogens is 228 g/mol. The van der Waals surface area contributed by atoms with Gasteiger partial charge < -0.3 is 15.1 Å². The van der Waals surface area contributed by atoms with Crippen LogP contribution in [0.2, 0.25) is 0 Å². The van der Waals surface area contributed by atoms with Crippen molar-refractivity contribution in [3.05, 3.63) is 36.5 Å². The van der Waals surface area contributed by atoms with Crippen molar-refractivity contribution in [3.8, 4) is 0 Å². The number of nitrogens with one attached hydrogen (secondary N) is 2. The Hall–Kier alpha value is -2.04. The van der Waals surface area contributed by atoms with E-state index >= 15 is 0 Å². The summed E-state index contributed by atoms with van der Waals surface area (Å²) in [6.07, 6.45) is 4.27. The van der Waals surface area contributed by atoms with Crippen molar-refractivity contribution >= 4 is 11.6 Å². The number of hydrogen-bond donors (Lipinski definition) is 2. The number of furan rings is 1. The lowest BCUT2D eigenvalue weighted by molar-refractivity contribution is 0.518. The molecule has 0 aromatic carbocycles. The quantitative estimate of drug-likeness (QED) is 0.820. The summed E-state index contributed by atoms with van der Waals surface area (Å²) >= 11 is 0. The fraction of sp³-hybridized carbons (Fsp3) is 0.385. The van der Waals surface area contributed by atoms with Gasteiger partial charge in [-0.05, 0) is 25.5 Å². The summed E-state index contributed by atoms with van der Waals surface area (Å²) in [5.74, 6) is 2.50. The molecule has 1 atom stereocenters. The summed E-state index contributed by atoms with van der Waals surface area (Å²) in [6, 6.07) is 6.09. The molecule has 0 amide bonds. The molecule has 2 heterocycles. The molecule has 0 saturated carbocycles. The van der Waals surface area contributed by atoms with Crippen molar-refractivity contribution in [2.45, 2.75) is 32.9 Å². The average molecular weight is 246 g/mol. The minimum absolute atomic E-state index is 0.401. The Morgan fingerprint density at radius 2 is 2.17 bits per heavy atom. The Morgan fingerprint density at radius 3 is 2.89 bits per heavy atom. The lowest BCUT2D eigenvalue weighted by Gasteiger charge is -2.12. The fourth-order valence-electron chi connectivity index (χ4n) is 1.48. The third-order valence-corrected chi connectivity index (χ3v) is 2.70. The molecule has 2 N–H and O–H groups in total. The zero-order valence-electron chi connectivity index (χ0n) is 10.7. The maximum Gasteiger partial charge on any atom is 0.131 e. The maximum absolute atomic E-state index is 5.25. The number of aromatic nitrogens is 2. The first-order chi connectivity index (χ1) is 8.78. The van der Waals surface area contributed by atoms with Crippen molar-refractivity contribution in [2.24, 2.45) is 0 Å². The molecule has 5 heteroatoms. The van der Waals surface area contributed by atoms with Gasteiger partial charge in [-0.15, -0.1) is 0 Å². The molecule has 18 heavy (non-hydrogen) atoms. The van der Waals surface area contributed by atoms with Crippen molar-refractivity contribution in [3.63, 3.8) is 0 Å². The van der Waals surface area contributed by atoms with E-state index in [4.69, 9.17) is 4.42 Å². The molecule has 0 fully saturated rings. The fourth-order valence-corrected chi connectivity index (χ4v) is 1.48. The van der Waals surface area contributed by atoms with Crippen molar-refractivity contribution in [1.82, 2.24) is 9.97 Å². The van der Waals surface area contributed by atoms with Crippen LogP contribution in [0.15, 0.2) is 35.2 Å². The molecule has 0 radical (unpaired) electrons. The van der Waals surface area contributed by atoms with Crippen LogP contribution in [0, 0.1) is 0 Å². The predicted molar refractivity (Wildman–Crippen MR) is 71.4 cm³/mol. The number of nitrogens with zero attached hydrogens (tertiary/aromatic N) is 2. The molecule has 2 aromatic heterocycles. The van der Waals surface area contributed by atoms with Gasteiger partial charge >= 0.3 is 0 Å². The van der Waals surface area contributed by atoms with Gasteiger partial charge in [0.05, 0.1) is 12.8 Å². The second kappa shape index (κ2) is 6.05. The topological polar surface area (TPSA) is 63.0 Å². The average Bonchev–Trinajstić information content (AvgIpc) is 2.90. The van der Waals surface area contributed by atoms with Crippen molar-refractivity contribution < 1.29 is 4.42 Å². The van der Waals surface area contributed by atoms with E-state index in [1.807, 2.05) is 18.2 Å². The Labute approximate surface area is 107 Å². The Balaban J connectivity index is 1.94. The van der Waals surface area contributed by atoms with Gasteiger partial charge in [0.25, 0.3) is 0 Å². The molecule has 0 aliphatic heterocycles. The molecule has 2 aromatic rings. The van der Waals surface area contributed by atoms with E-state index in [1.165, 1.54) is 0 Å². The second-order valence-corrected chi connectivity index (χ2v) is 4.18. The summed E-state index contributed by atoms with van der Waals surface area (Å²) in [6.45, 7) is 4.87. The molecule has 0 saturated heterocycles. The van der Waals surface area contributed by atoms with E-state index in [0.717, 1.165) is 23.8 Å². The lowest BCUT2D eigenvalue weighted by atomic mass is 10.2. The summed E-state index contributed by atoms with van der Waals surface area (Å²) in [7, 11) is 0. The standard InChI is InChI=1S/C13H18N4O/c1-3-10(2)17-13-7-12(15-9-16-13)14-8-11-5-4-6-18-11/h4-7,9-10H,3,8H2,1-2H3,(H2,14,15,16,17). The van der Waals surface area contributed by atoms with Crippen LogP contribution in [0.5, 0.6) is 0 Å². The van der Waals surface area contributed by atoms with E-state index < -0.39 is 0 Å². The zero-order chi connectivity index (χ0) is 12.8. The molecule has 1 unspecified atom stereocenters.